The molecule has 2 amide bonds. The van der Waals surface area contributed by atoms with Crippen LogP contribution in [0.1, 0.15) is 12.1 Å². The lowest BCUT2D eigenvalue weighted by Crippen LogP contribution is -2.42. The number of amides is 2. The van der Waals surface area contributed by atoms with Crippen LogP contribution in [0.3, 0.4) is 0 Å². The molecule has 0 atom stereocenters. The molecule has 0 radical (unpaired) electrons. The molecule has 2 N–H and O–H groups in total. The van der Waals surface area contributed by atoms with Gasteiger partial charge in [-0.05, 0) is 25.1 Å². The zero-order chi connectivity index (χ0) is 16.3. The minimum atomic E-state index is -0.590. The summed E-state index contributed by atoms with van der Waals surface area (Å²) in [4.78, 5) is 29.8. The van der Waals surface area contributed by atoms with E-state index in [1.807, 2.05) is 18.2 Å². The van der Waals surface area contributed by atoms with Gasteiger partial charge in [-0.2, -0.15) is 0 Å². The van der Waals surface area contributed by atoms with Crippen LogP contribution < -0.4 is 10.6 Å². The molecular weight excluding hydrogens is 296 g/mol. The average Bonchev–Trinajstić information content (AvgIpc) is 2.60. The van der Waals surface area contributed by atoms with Gasteiger partial charge in [-0.15, -0.1) is 0 Å². The van der Waals surface area contributed by atoms with E-state index in [-0.39, 0.29) is 0 Å². The number of ether oxygens (including phenoxy) is 1. The average molecular weight is 320 g/mol. The maximum atomic E-state index is 11.7. The Kier molecular flexibility index (Phi) is 7.48. The summed E-state index contributed by atoms with van der Waals surface area (Å²) in [7, 11) is 0. The lowest BCUT2D eigenvalue weighted by Gasteiger charge is -2.26. The van der Waals surface area contributed by atoms with Gasteiger partial charge in [0.1, 0.15) is 0 Å². The van der Waals surface area contributed by atoms with Crippen LogP contribution >= 0.6 is 0 Å². The highest BCUT2D eigenvalue weighted by Gasteiger charge is 2.13. The van der Waals surface area contributed by atoms with Crippen molar-refractivity contribution in [3.05, 3.63) is 30.1 Å². The van der Waals surface area contributed by atoms with E-state index < -0.39 is 11.8 Å². The van der Waals surface area contributed by atoms with E-state index in [4.69, 9.17) is 4.74 Å². The van der Waals surface area contributed by atoms with Gasteiger partial charge in [-0.1, -0.05) is 6.07 Å². The van der Waals surface area contributed by atoms with Gasteiger partial charge >= 0.3 is 11.8 Å². The SMILES string of the molecule is O=C(NCCCN1CCOCC1)C(=O)NCCc1ccccn1. The number of aromatic nitrogens is 1. The fourth-order valence-electron chi connectivity index (χ4n) is 2.34. The summed E-state index contributed by atoms with van der Waals surface area (Å²) >= 11 is 0. The quantitative estimate of drug-likeness (QED) is 0.527. The first-order valence-electron chi connectivity index (χ1n) is 8.02. The second-order valence-corrected chi connectivity index (χ2v) is 5.39. The van der Waals surface area contributed by atoms with E-state index in [2.05, 4.69) is 20.5 Å². The van der Waals surface area contributed by atoms with Crippen LogP contribution in [-0.4, -0.2) is 67.6 Å². The molecule has 0 unspecified atom stereocenters. The molecule has 0 bridgehead atoms. The number of hydrogen-bond acceptors (Lipinski definition) is 5. The van der Waals surface area contributed by atoms with E-state index >= 15 is 0 Å². The second kappa shape index (κ2) is 9.91. The first-order valence-corrected chi connectivity index (χ1v) is 8.02. The molecule has 1 saturated heterocycles. The molecule has 7 nitrogen and oxygen atoms in total. The Morgan fingerprint density at radius 3 is 2.57 bits per heavy atom. The summed E-state index contributed by atoms with van der Waals surface area (Å²) in [5, 5.41) is 5.25. The van der Waals surface area contributed by atoms with Crippen LogP contribution in [0.4, 0.5) is 0 Å². The fraction of sp³-hybridized carbons (Fsp3) is 0.562. The number of carbonyl (C=O) groups is 2. The molecule has 23 heavy (non-hydrogen) atoms. The summed E-state index contributed by atoms with van der Waals surface area (Å²) in [6.45, 7) is 5.21. The topological polar surface area (TPSA) is 83.6 Å². The van der Waals surface area contributed by atoms with Gasteiger partial charge in [0, 0.05) is 44.5 Å². The molecule has 0 saturated carbocycles. The second-order valence-electron chi connectivity index (χ2n) is 5.39. The summed E-state index contributed by atoms with van der Waals surface area (Å²) in [5.41, 5.74) is 0.888. The Balaban J connectivity index is 1.53. The standard InChI is InChI=1S/C16H24N4O3/c21-15(18-7-3-9-20-10-12-23-13-11-20)16(22)19-8-5-14-4-1-2-6-17-14/h1-2,4,6H,3,5,7-13H2,(H,18,21)(H,19,22). The number of rotatable bonds is 7. The monoisotopic (exact) mass is 320 g/mol. The number of carbonyl (C=O) groups excluding carboxylic acids is 2. The first kappa shape index (κ1) is 17.4. The van der Waals surface area contributed by atoms with Crippen molar-refractivity contribution in [1.82, 2.24) is 20.5 Å². The minimum Gasteiger partial charge on any atom is -0.379 e. The van der Waals surface area contributed by atoms with Gasteiger partial charge in [0.25, 0.3) is 0 Å². The molecule has 0 aromatic carbocycles. The van der Waals surface area contributed by atoms with Crippen molar-refractivity contribution in [3.63, 3.8) is 0 Å². The van der Waals surface area contributed by atoms with E-state index in [1.165, 1.54) is 0 Å². The summed E-state index contributed by atoms with van der Waals surface area (Å²) in [6.07, 6.45) is 3.14. The van der Waals surface area contributed by atoms with E-state index in [1.54, 1.807) is 6.20 Å². The number of morpholine rings is 1. The van der Waals surface area contributed by atoms with Crippen molar-refractivity contribution in [2.75, 3.05) is 45.9 Å². The van der Waals surface area contributed by atoms with Gasteiger partial charge in [0.15, 0.2) is 0 Å². The van der Waals surface area contributed by atoms with Crippen LogP contribution in [0.25, 0.3) is 0 Å². The third-order valence-electron chi connectivity index (χ3n) is 3.64. The molecule has 1 fully saturated rings. The molecule has 1 aliphatic rings. The Morgan fingerprint density at radius 1 is 1.13 bits per heavy atom. The van der Waals surface area contributed by atoms with Crippen LogP contribution in [-0.2, 0) is 20.7 Å². The molecule has 1 aromatic heterocycles. The van der Waals surface area contributed by atoms with Crippen LogP contribution in [0.5, 0.6) is 0 Å². The lowest BCUT2D eigenvalue weighted by atomic mass is 10.3. The highest BCUT2D eigenvalue weighted by Crippen LogP contribution is 1.97. The van der Waals surface area contributed by atoms with Crippen LogP contribution in [0.2, 0.25) is 0 Å². The Labute approximate surface area is 136 Å². The summed E-state index contributed by atoms with van der Waals surface area (Å²) < 4.78 is 5.28. The van der Waals surface area contributed by atoms with Crippen molar-refractivity contribution in [1.29, 1.82) is 0 Å². The molecule has 1 aliphatic heterocycles. The largest absolute Gasteiger partial charge is 0.379 e. The molecule has 7 heteroatoms. The smallest absolute Gasteiger partial charge is 0.309 e. The molecule has 2 heterocycles. The molecule has 0 spiro atoms. The van der Waals surface area contributed by atoms with Gasteiger partial charge < -0.3 is 15.4 Å². The number of nitrogens with zero attached hydrogens (tertiary/aromatic N) is 2. The maximum absolute atomic E-state index is 11.7. The van der Waals surface area contributed by atoms with E-state index in [0.29, 0.717) is 19.5 Å². The molecule has 126 valence electrons. The Bertz CT molecular complexity index is 489. The fourth-order valence-corrected chi connectivity index (χ4v) is 2.34. The predicted molar refractivity (Wildman–Crippen MR) is 85.8 cm³/mol. The third kappa shape index (κ3) is 6.75. The van der Waals surface area contributed by atoms with E-state index in [9.17, 15) is 9.59 Å². The Hall–Kier alpha value is -1.99. The van der Waals surface area contributed by atoms with Crippen molar-refractivity contribution < 1.29 is 14.3 Å². The third-order valence-corrected chi connectivity index (χ3v) is 3.64. The van der Waals surface area contributed by atoms with Crippen LogP contribution in [0, 0.1) is 0 Å². The molecule has 0 aliphatic carbocycles. The summed E-state index contributed by atoms with van der Waals surface area (Å²) in [6, 6.07) is 5.62. The minimum absolute atomic E-state index is 0.400. The van der Waals surface area contributed by atoms with Gasteiger partial charge in [0.2, 0.25) is 0 Å². The van der Waals surface area contributed by atoms with Crippen LogP contribution in [0.15, 0.2) is 24.4 Å². The van der Waals surface area contributed by atoms with Crippen molar-refractivity contribution in [2.24, 2.45) is 0 Å². The normalized spacial score (nSPS) is 15.1. The lowest BCUT2D eigenvalue weighted by molar-refractivity contribution is -0.139. The molecule has 2 rings (SSSR count). The molecular formula is C16H24N4O3. The number of nitrogens with one attached hydrogen (secondary N) is 2. The zero-order valence-electron chi connectivity index (χ0n) is 13.3. The zero-order valence-corrected chi connectivity index (χ0v) is 13.3. The predicted octanol–water partition coefficient (Wildman–Crippen LogP) is -0.421. The van der Waals surface area contributed by atoms with E-state index in [0.717, 1.165) is 45.0 Å². The van der Waals surface area contributed by atoms with Crippen molar-refractivity contribution in [2.45, 2.75) is 12.8 Å². The highest BCUT2D eigenvalue weighted by atomic mass is 16.5. The van der Waals surface area contributed by atoms with Crippen molar-refractivity contribution >= 4 is 11.8 Å². The first-order chi connectivity index (χ1) is 11.3. The number of pyridine rings is 1. The maximum Gasteiger partial charge on any atom is 0.309 e. The Morgan fingerprint density at radius 2 is 1.87 bits per heavy atom. The van der Waals surface area contributed by atoms with Gasteiger partial charge in [-0.3, -0.25) is 19.5 Å². The highest BCUT2D eigenvalue weighted by molar-refractivity contribution is 6.35. The van der Waals surface area contributed by atoms with Gasteiger partial charge in [-0.25, -0.2) is 0 Å². The molecule has 1 aromatic rings. The van der Waals surface area contributed by atoms with Gasteiger partial charge in [0.05, 0.1) is 13.2 Å². The number of hydrogen-bond donors (Lipinski definition) is 2. The summed E-state index contributed by atoms with van der Waals surface area (Å²) in [5.74, 6) is -1.17. The van der Waals surface area contributed by atoms with Crippen molar-refractivity contribution in [3.8, 4) is 0 Å².